The monoisotopic (exact) mass is 253 g/mol. The van der Waals surface area contributed by atoms with Crippen molar-refractivity contribution in [3.63, 3.8) is 0 Å². The van der Waals surface area contributed by atoms with Crippen LogP contribution in [0.4, 0.5) is 13.2 Å². The van der Waals surface area contributed by atoms with E-state index in [1.54, 1.807) is 13.8 Å². The summed E-state index contributed by atoms with van der Waals surface area (Å²) >= 11 is 0. The fraction of sp³-hybridized carbons (Fsp3) is 0.800. The molecular formula is C10H14F3NO3. The number of carbonyl (C=O) groups excluding carboxylic acids is 1. The fourth-order valence-corrected chi connectivity index (χ4v) is 2.14. The number of hydrogen-bond donors (Lipinski definition) is 1. The zero-order chi connectivity index (χ0) is 13.6. The van der Waals surface area contributed by atoms with Crippen molar-refractivity contribution in [2.24, 2.45) is 17.3 Å². The zero-order valence-electron chi connectivity index (χ0n) is 9.71. The second-order valence-corrected chi connectivity index (χ2v) is 4.92. The Bertz CT molecular complexity index is 351. The lowest BCUT2D eigenvalue weighted by Crippen LogP contribution is -2.37. The van der Waals surface area contributed by atoms with Gasteiger partial charge in [-0.1, -0.05) is 13.8 Å². The average molecular weight is 253 g/mol. The van der Waals surface area contributed by atoms with Crippen LogP contribution in [-0.2, 0) is 9.59 Å². The number of aliphatic carboxylic acids is 1. The van der Waals surface area contributed by atoms with Gasteiger partial charge in [0.2, 0.25) is 5.91 Å². The van der Waals surface area contributed by atoms with E-state index in [9.17, 15) is 22.8 Å². The molecule has 0 aromatic heterocycles. The minimum atomic E-state index is -4.47. The summed E-state index contributed by atoms with van der Waals surface area (Å²) in [5, 5.41) is 8.83. The van der Waals surface area contributed by atoms with Gasteiger partial charge < -0.3 is 10.0 Å². The summed E-state index contributed by atoms with van der Waals surface area (Å²) in [4.78, 5) is 23.0. The van der Waals surface area contributed by atoms with Crippen LogP contribution < -0.4 is 0 Å². The molecule has 1 rings (SSSR count). The van der Waals surface area contributed by atoms with Gasteiger partial charge in [0.25, 0.3) is 0 Å². The van der Waals surface area contributed by atoms with Crippen molar-refractivity contribution in [1.29, 1.82) is 0 Å². The molecule has 0 radical (unpaired) electrons. The lowest BCUT2D eigenvalue weighted by atomic mass is 10.1. The molecule has 0 bridgehead atoms. The molecule has 1 saturated carbocycles. The second-order valence-electron chi connectivity index (χ2n) is 4.92. The molecule has 0 aliphatic heterocycles. The highest BCUT2D eigenvalue weighted by atomic mass is 19.4. The van der Waals surface area contributed by atoms with Gasteiger partial charge in [0.05, 0.1) is 11.8 Å². The van der Waals surface area contributed by atoms with Crippen molar-refractivity contribution >= 4 is 11.9 Å². The number of amides is 1. The first-order valence-corrected chi connectivity index (χ1v) is 5.03. The molecule has 0 unspecified atom stereocenters. The molecule has 1 aliphatic rings. The standard InChI is InChI=1S/C10H14F3NO3/c1-9(2)5(6(9)8(16)17)7(15)14(3)4-10(11,12)13/h5-6H,4H2,1-3H3,(H,16,17)/t5-,6+/m1/s1. The average Bonchev–Trinajstić information content (AvgIpc) is 2.64. The van der Waals surface area contributed by atoms with Crippen LogP contribution in [0.5, 0.6) is 0 Å². The maximum absolute atomic E-state index is 12.1. The Morgan fingerprint density at radius 2 is 1.76 bits per heavy atom. The number of halogens is 3. The van der Waals surface area contributed by atoms with Crippen LogP contribution in [0.3, 0.4) is 0 Å². The lowest BCUT2D eigenvalue weighted by Gasteiger charge is -2.19. The van der Waals surface area contributed by atoms with E-state index in [2.05, 4.69) is 0 Å². The summed E-state index contributed by atoms with van der Waals surface area (Å²) in [7, 11) is 1.03. The van der Waals surface area contributed by atoms with Gasteiger partial charge in [0, 0.05) is 7.05 Å². The van der Waals surface area contributed by atoms with Crippen LogP contribution in [0.25, 0.3) is 0 Å². The molecule has 0 spiro atoms. The Kier molecular flexibility index (Phi) is 3.15. The normalized spacial score (nSPS) is 26.5. The Labute approximate surface area is 96.4 Å². The van der Waals surface area contributed by atoms with Crippen molar-refractivity contribution < 1.29 is 27.9 Å². The number of alkyl halides is 3. The quantitative estimate of drug-likeness (QED) is 0.826. The van der Waals surface area contributed by atoms with Crippen LogP contribution in [0.15, 0.2) is 0 Å². The number of carboxylic acid groups (broad SMARTS) is 1. The molecule has 1 aliphatic carbocycles. The molecule has 1 fully saturated rings. The van der Waals surface area contributed by atoms with E-state index in [1.165, 1.54) is 0 Å². The lowest BCUT2D eigenvalue weighted by molar-refractivity contribution is -0.160. The van der Waals surface area contributed by atoms with Gasteiger partial charge in [-0.05, 0) is 5.41 Å². The first-order chi connectivity index (χ1) is 7.48. The predicted molar refractivity (Wildman–Crippen MR) is 52.1 cm³/mol. The first-order valence-electron chi connectivity index (χ1n) is 5.03. The van der Waals surface area contributed by atoms with E-state index in [4.69, 9.17) is 5.11 Å². The maximum atomic E-state index is 12.1. The van der Waals surface area contributed by atoms with Gasteiger partial charge in [-0.2, -0.15) is 13.2 Å². The van der Waals surface area contributed by atoms with E-state index in [-0.39, 0.29) is 0 Å². The van der Waals surface area contributed by atoms with Crippen LogP contribution in [0, 0.1) is 17.3 Å². The third kappa shape index (κ3) is 2.70. The molecular weight excluding hydrogens is 239 g/mol. The molecule has 1 amide bonds. The highest BCUT2D eigenvalue weighted by Gasteiger charge is 2.66. The molecule has 98 valence electrons. The Balaban J connectivity index is 2.70. The van der Waals surface area contributed by atoms with E-state index in [0.717, 1.165) is 7.05 Å². The smallest absolute Gasteiger partial charge is 0.406 e. The van der Waals surface area contributed by atoms with Crippen molar-refractivity contribution in [3.8, 4) is 0 Å². The van der Waals surface area contributed by atoms with Crippen LogP contribution in [0.2, 0.25) is 0 Å². The molecule has 17 heavy (non-hydrogen) atoms. The van der Waals surface area contributed by atoms with Gasteiger partial charge in [-0.3, -0.25) is 9.59 Å². The molecule has 0 aromatic rings. The molecule has 4 nitrogen and oxygen atoms in total. The fourth-order valence-electron chi connectivity index (χ4n) is 2.14. The predicted octanol–water partition coefficient (Wildman–Crippen LogP) is 1.36. The summed E-state index contributed by atoms with van der Waals surface area (Å²) in [6.07, 6.45) is -4.47. The molecule has 1 N–H and O–H groups in total. The minimum absolute atomic E-state index is 0.537. The Hall–Kier alpha value is -1.27. The van der Waals surface area contributed by atoms with Crippen LogP contribution in [0.1, 0.15) is 13.8 Å². The van der Waals surface area contributed by atoms with Gasteiger partial charge in [0.1, 0.15) is 6.54 Å². The Morgan fingerprint density at radius 3 is 2.06 bits per heavy atom. The number of carboxylic acids is 1. The Morgan fingerprint density at radius 1 is 1.29 bits per heavy atom. The van der Waals surface area contributed by atoms with Crippen LogP contribution >= 0.6 is 0 Å². The third-order valence-corrected chi connectivity index (χ3v) is 3.15. The van der Waals surface area contributed by atoms with E-state index in [0.29, 0.717) is 4.90 Å². The topological polar surface area (TPSA) is 57.6 Å². The maximum Gasteiger partial charge on any atom is 0.406 e. The molecule has 0 heterocycles. The summed E-state index contributed by atoms with van der Waals surface area (Å²) < 4.78 is 36.3. The molecule has 7 heteroatoms. The minimum Gasteiger partial charge on any atom is -0.481 e. The highest BCUT2D eigenvalue weighted by Crippen LogP contribution is 2.58. The van der Waals surface area contributed by atoms with Crippen molar-refractivity contribution in [2.75, 3.05) is 13.6 Å². The molecule has 2 atom stereocenters. The summed E-state index contributed by atoms with van der Waals surface area (Å²) in [6.45, 7) is 1.77. The van der Waals surface area contributed by atoms with Gasteiger partial charge >= 0.3 is 12.1 Å². The largest absolute Gasteiger partial charge is 0.481 e. The van der Waals surface area contributed by atoms with Crippen LogP contribution in [-0.4, -0.2) is 41.7 Å². The number of rotatable bonds is 3. The second kappa shape index (κ2) is 3.89. The summed E-state index contributed by atoms with van der Waals surface area (Å²) in [6, 6.07) is 0. The number of hydrogen-bond acceptors (Lipinski definition) is 2. The van der Waals surface area contributed by atoms with Crippen molar-refractivity contribution in [3.05, 3.63) is 0 Å². The number of nitrogens with zero attached hydrogens (tertiary/aromatic N) is 1. The van der Waals surface area contributed by atoms with E-state index >= 15 is 0 Å². The third-order valence-electron chi connectivity index (χ3n) is 3.15. The summed E-state index contributed by atoms with van der Waals surface area (Å²) in [5.74, 6) is -3.67. The van der Waals surface area contributed by atoms with Crippen molar-refractivity contribution in [2.45, 2.75) is 20.0 Å². The molecule has 0 saturated heterocycles. The first kappa shape index (κ1) is 13.8. The molecule has 0 aromatic carbocycles. The van der Waals surface area contributed by atoms with Gasteiger partial charge in [0.15, 0.2) is 0 Å². The van der Waals surface area contributed by atoms with E-state index in [1.807, 2.05) is 0 Å². The van der Waals surface area contributed by atoms with Crippen molar-refractivity contribution in [1.82, 2.24) is 4.90 Å². The summed E-state index contributed by atoms with van der Waals surface area (Å²) in [5.41, 5.74) is -0.775. The SMILES string of the molecule is CN(CC(F)(F)F)C(=O)[C@H]1[C@@H](C(=O)O)C1(C)C. The highest BCUT2D eigenvalue weighted by molar-refractivity contribution is 5.91. The van der Waals surface area contributed by atoms with Gasteiger partial charge in [-0.25, -0.2) is 0 Å². The number of carbonyl (C=O) groups is 2. The van der Waals surface area contributed by atoms with Gasteiger partial charge in [-0.15, -0.1) is 0 Å². The zero-order valence-corrected chi connectivity index (χ0v) is 9.71. The van der Waals surface area contributed by atoms with E-state index < -0.39 is 41.8 Å².